The van der Waals surface area contributed by atoms with Gasteiger partial charge in [-0.15, -0.1) is 0 Å². The van der Waals surface area contributed by atoms with E-state index in [1.54, 1.807) is 39.8 Å². The van der Waals surface area contributed by atoms with Gasteiger partial charge in [-0.1, -0.05) is 22.0 Å². The predicted molar refractivity (Wildman–Crippen MR) is 71.9 cm³/mol. The molecule has 0 bridgehead atoms. The molecule has 0 radical (unpaired) electrons. The summed E-state index contributed by atoms with van der Waals surface area (Å²) in [7, 11) is 0. The second kappa shape index (κ2) is 5.69. The first-order chi connectivity index (χ1) is 8.20. The molecule has 18 heavy (non-hydrogen) atoms. The summed E-state index contributed by atoms with van der Waals surface area (Å²) in [6.45, 7) is 7.11. The molecule has 0 spiro atoms. The van der Waals surface area contributed by atoms with Crippen LogP contribution in [0.25, 0.3) is 0 Å². The Kier molecular flexibility index (Phi) is 4.73. The van der Waals surface area contributed by atoms with Crippen molar-refractivity contribution in [3.05, 3.63) is 33.5 Å². The largest absolute Gasteiger partial charge is 0.444 e. The highest BCUT2D eigenvalue weighted by Gasteiger charge is 2.16. The van der Waals surface area contributed by atoms with Crippen LogP contribution in [0.3, 0.4) is 0 Å². The van der Waals surface area contributed by atoms with Crippen molar-refractivity contribution in [2.75, 3.05) is 0 Å². The van der Waals surface area contributed by atoms with E-state index in [2.05, 4.69) is 21.2 Å². The van der Waals surface area contributed by atoms with E-state index in [0.717, 1.165) is 0 Å². The number of ether oxygens (including phenoxy) is 1. The Labute approximate surface area is 115 Å². The first-order valence-electron chi connectivity index (χ1n) is 5.61. The number of nitrogens with one attached hydrogen (secondary N) is 1. The summed E-state index contributed by atoms with van der Waals surface area (Å²) >= 11 is 3.25. The topological polar surface area (TPSA) is 38.3 Å². The van der Waals surface area contributed by atoms with Gasteiger partial charge in [0.05, 0.1) is 0 Å². The van der Waals surface area contributed by atoms with Gasteiger partial charge in [0.2, 0.25) is 0 Å². The SMILES string of the molecule is Cc1c(Br)ccc(CNC(=O)OC(C)(C)C)c1F. The molecular weight excluding hydrogens is 301 g/mol. The van der Waals surface area contributed by atoms with E-state index in [0.29, 0.717) is 15.6 Å². The third kappa shape index (κ3) is 4.29. The third-order valence-corrected chi connectivity index (χ3v) is 3.08. The van der Waals surface area contributed by atoms with Gasteiger partial charge < -0.3 is 10.1 Å². The van der Waals surface area contributed by atoms with Gasteiger partial charge in [0.25, 0.3) is 0 Å². The number of amides is 1. The molecule has 0 unspecified atom stereocenters. The van der Waals surface area contributed by atoms with Gasteiger partial charge in [-0.05, 0) is 39.3 Å². The van der Waals surface area contributed by atoms with Crippen LogP contribution in [-0.4, -0.2) is 11.7 Å². The Hall–Kier alpha value is -1.10. The van der Waals surface area contributed by atoms with Gasteiger partial charge in [0, 0.05) is 16.6 Å². The molecule has 0 fully saturated rings. The number of hydrogen-bond donors (Lipinski definition) is 1. The smallest absolute Gasteiger partial charge is 0.407 e. The van der Waals surface area contributed by atoms with Crippen molar-refractivity contribution in [1.29, 1.82) is 0 Å². The average Bonchev–Trinajstić information content (AvgIpc) is 2.22. The number of carbonyl (C=O) groups excluding carboxylic acids is 1. The fourth-order valence-corrected chi connectivity index (χ4v) is 1.64. The molecule has 1 rings (SSSR count). The zero-order valence-corrected chi connectivity index (χ0v) is 12.5. The van der Waals surface area contributed by atoms with E-state index in [1.165, 1.54) is 0 Å². The molecule has 0 saturated carbocycles. The lowest BCUT2D eigenvalue weighted by molar-refractivity contribution is 0.0523. The first-order valence-corrected chi connectivity index (χ1v) is 6.40. The Morgan fingerprint density at radius 1 is 1.44 bits per heavy atom. The number of hydrogen-bond acceptors (Lipinski definition) is 2. The Bertz CT molecular complexity index is 455. The van der Waals surface area contributed by atoms with E-state index in [9.17, 15) is 9.18 Å². The molecule has 0 aliphatic heterocycles. The molecule has 1 amide bonds. The van der Waals surface area contributed by atoms with Crippen molar-refractivity contribution in [3.8, 4) is 0 Å². The summed E-state index contributed by atoms with van der Waals surface area (Å²) in [5.41, 5.74) is 0.401. The van der Waals surface area contributed by atoms with Crippen LogP contribution in [0.4, 0.5) is 9.18 Å². The van der Waals surface area contributed by atoms with E-state index in [-0.39, 0.29) is 12.4 Å². The maximum absolute atomic E-state index is 13.8. The summed E-state index contributed by atoms with van der Waals surface area (Å²) in [6, 6.07) is 3.38. The second-order valence-electron chi connectivity index (χ2n) is 5.00. The van der Waals surface area contributed by atoms with Crippen molar-refractivity contribution >= 4 is 22.0 Å². The Morgan fingerprint density at radius 2 is 2.06 bits per heavy atom. The number of alkyl carbamates (subject to hydrolysis) is 1. The second-order valence-corrected chi connectivity index (χ2v) is 5.86. The molecule has 5 heteroatoms. The third-order valence-electron chi connectivity index (χ3n) is 2.22. The van der Waals surface area contributed by atoms with Gasteiger partial charge >= 0.3 is 6.09 Å². The molecule has 0 aliphatic carbocycles. The van der Waals surface area contributed by atoms with Crippen LogP contribution in [0.15, 0.2) is 16.6 Å². The Balaban J connectivity index is 2.65. The van der Waals surface area contributed by atoms with Crippen LogP contribution < -0.4 is 5.32 Å². The highest BCUT2D eigenvalue weighted by Crippen LogP contribution is 2.21. The molecule has 0 aliphatic rings. The van der Waals surface area contributed by atoms with Gasteiger partial charge in [-0.3, -0.25) is 0 Å². The van der Waals surface area contributed by atoms with Crippen LogP contribution in [0.5, 0.6) is 0 Å². The van der Waals surface area contributed by atoms with Gasteiger partial charge in [0.1, 0.15) is 11.4 Å². The van der Waals surface area contributed by atoms with Crippen molar-refractivity contribution in [1.82, 2.24) is 5.32 Å². The summed E-state index contributed by atoms with van der Waals surface area (Å²) in [5.74, 6) is -0.319. The normalized spacial score (nSPS) is 11.2. The van der Waals surface area contributed by atoms with Crippen LogP contribution in [-0.2, 0) is 11.3 Å². The Morgan fingerprint density at radius 3 is 2.61 bits per heavy atom. The molecule has 1 aromatic carbocycles. The first kappa shape index (κ1) is 15.0. The van der Waals surface area contributed by atoms with Gasteiger partial charge in [0.15, 0.2) is 0 Å². The summed E-state index contributed by atoms with van der Waals surface area (Å²) in [6.07, 6.45) is -0.553. The van der Waals surface area contributed by atoms with Crippen LogP contribution in [0, 0.1) is 12.7 Å². The molecule has 1 N–H and O–H groups in total. The lowest BCUT2D eigenvalue weighted by atomic mass is 10.1. The summed E-state index contributed by atoms with van der Waals surface area (Å²) in [5, 5.41) is 2.53. The molecular formula is C13H17BrFNO2. The number of benzene rings is 1. The zero-order chi connectivity index (χ0) is 13.9. The van der Waals surface area contributed by atoms with Crippen molar-refractivity contribution in [2.45, 2.75) is 39.8 Å². The average molecular weight is 318 g/mol. The molecule has 0 aromatic heterocycles. The van der Waals surface area contributed by atoms with Crippen molar-refractivity contribution in [2.24, 2.45) is 0 Å². The molecule has 100 valence electrons. The van der Waals surface area contributed by atoms with Crippen molar-refractivity contribution < 1.29 is 13.9 Å². The molecule has 0 saturated heterocycles. The quantitative estimate of drug-likeness (QED) is 0.897. The monoisotopic (exact) mass is 317 g/mol. The highest BCUT2D eigenvalue weighted by molar-refractivity contribution is 9.10. The van der Waals surface area contributed by atoms with Crippen molar-refractivity contribution in [3.63, 3.8) is 0 Å². The van der Waals surface area contributed by atoms with E-state index in [4.69, 9.17) is 4.74 Å². The van der Waals surface area contributed by atoms with E-state index >= 15 is 0 Å². The number of rotatable bonds is 2. The minimum absolute atomic E-state index is 0.106. The van der Waals surface area contributed by atoms with Crippen LogP contribution in [0.1, 0.15) is 31.9 Å². The molecule has 0 atom stereocenters. The lowest BCUT2D eigenvalue weighted by Gasteiger charge is -2.19. The maximum Gasteiger partial charge on any atom is 0.407 e. The highest BCUT2D eigenvalue weighted by atomic mass is 79.9. The fraction of sp³-hybridized carbons (Fsp3) is 0.462. The number of carbonyl (C=O) groups is 1. The standard InChI is InChI=1S/C13H17BrFNO2/c1-8-10(14)6-5-9(11(8)15)7-16-12(17)18-13(2,3)4/h5-6H,7H2,1-4H3,(H,16,17). The van der Waals surface area contributed by atoms with E-state index < -0.39 is 11.7 Å². The van der Waals surface area contributed by atoms with Crippen LogP contribution >= 0.6 is 15.9 Å². The lowest BCUT2D eigenvalue weighted by Crippen LogP contribution is -2.32. The predicted octanol–water partition coefficient (Wildman–Crippen LogP) is 3.92. The summed E-state index contributed by atoms with van der Waals surface area (Å²) < 4.78 is 19.6. The zero-order valence-electron chi connectivity index (χ0n) is 10.9. The fourth-order valence-electron chi connectivity index (χ4n) is 1.34. The molecule has 1 aromatic rings. The van der Waals surface area contributed by atoms with E-state index in [1.807, 2.05) is 0 Å². The molecule has 0 heterocycles. The maximum atomic E-state index is 13.8. The van der Waals surface area contributed by atoms with Crippen LogP contribution in [0.2, 0.25) is 0 Å². The van der Waals surface area contributed by atoms with Gasteiger partial charge in [-0.2, -0.15) is 0 Å². The number of halogens is 2. The minimum atomic E-state index is -0.557. The molecule has 3 nitrogen and oxygen atoms in total. The minimum Gasteiger partial charge on any atom is -0.444 e. The summed E-state index contributed by atoms with van der Waals surface area (Å²) in [4.78, 5) is 11.4. The van der Waals surface area contributed by atoms with Gasteiger partial charge in [-0.25, -0.2) is 9.18 Å².